The molecule has 0 aliphatic rings. The van der Waals surface area contributed by atoms with Crippen LogP contribution in [0.4, 0.5) is 17.3 Å². The molecule has 0 unspecified atom stereocenters. The quantitative estimate of drug-likeness (QED) is 0.729. The largest absolute Gasteiger partial charge is 0.399 e. The minimum Gasteiger partial charge on any atom is -0.399 e. The molecular formula is C11H12N4. The number of anilines is 3. The van der Waals surface area contributed by atoms with Gasteiger partial charge in [-0.1, -0.05) is 0 Å². The summed E-state index contributed by atoms with van der Waals surface area (Å²) in [4.78, 5) is 8.17. The zero-order valence-corrected chi connectivity index (χ0v) is 8.44. The van der Waals surface area contributed by atoms with Gasteiger partial charge in [0, 0.05) is 23.8 Å². The number of benzene rings is 1. The fraction of sp³-hybridized carbons (Fsp3) is 0.0909. The van der Waals surface area contributed by atoms with Gasteiger partial charge >= 0.3 is 0 Å². The highest BCUT2D eigenvalue weighted by Crippen LogP contribution is 2.19. The van der Waals surface area contributed by atoms with Gasteiger partial charge in [0.1, 0.15) is 0 Å². The zero-order valence-electron chi connectivity index (χ0n) is 8.44. The van der Waals surface area contributed by atoms with E-state index in [0.29, 0.717) is 5.95 Å². The Bertz CT molecular complexity index is 453. The predicted molar refractivity (Wildman–Crippen MR) is 60.9 cm³/mol. The van der Waals surface area contributed by atoms with E-state index in [2.05, 4.69) is 15.3 Å². The predicted octanol–water partition coefficient (Wildman–Crippen LogP) is 2.11. The third-order valence-corrected chi connectivity index (χ3v) is 2.06. The van der Waals surface area contributed by atoms with Crippen molar-refractivity contribution >= 4 is 17.3 Å². The van der Waals surface area contributed by atoms with E-state index in [1.807, 2.05) is 25.1 Å². The van der Waals surface area contributed by atoms with Gasteiger partial charge in [-0.15, -0.1) is 0 Å². The van der Waals surface area contributed by atoms with Gasteiger partial charge in [-0.3, -0.25) is 0 Å². The lowest BCUT2D eigenvalue weighted by atomic mass is 10.2. The van der Waals surface area contributed by atoms with Gasteiger partial charge < -0.3 is 11.1 Å². The lowest BCUT2D eigenvalue weighted by molar-refractivity contribution is 1.16. The molecule has 0 saturated heterocycles. The number of nitrogens with zero attached hydrogens (tertiary/aromatic N) is 2. The van der Waals surface area contributed by atoms with Crippen molar-refractivity contribution in [2.75, 3.05) is 11.1 Å². The molecule has 76 valence electrons. The maximum Gasteiger partial charge on any atom is 0.227 e. The van der Waals surface area contributed by atoms with Crippen molar-refractivity contribution in [3.05, 3.63) is 42.2 Å². The summed E-state index contributed by atoms with van der Waals surface area (Å²) in [6, 6.07) is 7.45. The molecule has 1 aromatic heterocycles. The Hall–Kier alpha value is -2.10. The number of hydrogen-bond acceptors (Lipinski definition) is 4. The molecule has 0 saturated carbocycles. The molecule has 0 atom stereocenters. The summed E-state index contributed by atoms with van der Waals surface area (Å²) in [5.41, 5.74) is 8.46. The summed E-state index contributed by atoms with van der Waals surface area (Å²) in [5.74, 6) is 0.588. The second kappa shape index (κ2) is 3.96. The molecule has 0 aliphatic carbocycles. The monoisotopic (exact) mass is 200 g/mol. The van der Waals surface area contributed by atoms with E-state index in [1.54, 1.807) is 18.5 Å². The third kappa shape index (κ3) is 2.22. The molecule has 4 nitrogen and oxygen atoms in total. The molecule has 1 aromatic carbocycles. The number of nitrogen functional groups attached to an aromatic ring is 1. The van der Waals surface area contributed by atoms with Crippen LogP contribution in [0.3, 0.4) is 0 Å². The number of aromatic nitrogens is 2. The molecule has 2 rings (SSSR count). The van der Waals surface area contributed by atoms with Crippen LogP contribution >= 0.6 is 0 Å². The molecule has 3 N–H and O–H groups in total. The number of aryl methyl sites for hydroxylation is 1. The van der Waals surface area contributed by atoms with E-state index in [9.17, 15) is 0 Å². The van der Waals surface area contributed by atoms with Crippen LogP contribution in [0.5, 0.6) is 0 Å². The topological polar surface area (TPSA) is 63.8 Å². The van der Waals surface area contributed by atoms with Crippen molar-refractivity contribution < 1.29 is 0 Å². The Labute approximate surface area is 88.2 Å². The first-order chi connectivity index (χ1) is 7.25. The van der Waals surface area contributed by atoms with Crippen molar-refractivity contribution in [3.63, 3.8) is 0 Å². The summed E-state index contributed by atoms with van der Waals surface area (Å²) in [7, 11) is 0. The molecular weight excluding hydrogens is 188 g/mol. The summed E-state index contributed by atoms with van der Waals surface area (Å²) in [6.07, 6.45) is 3.39. The highest BCUT2D eigenvalue weighted by atomic mass is 15.1. The van der Waals surface area contributed by atoms with Crippen LogP contribution in [0.15, 0.2) is 36.7 Å². The Morgan fingerprint density at radius 2 is 1.93 bits per heavy atom. The van der Waals surface area contributed by atoms with E-state index >= 15 is 0 Å². The van der Waals surface area contributed by atoms with Crippen molar-refractivity contribution in [3.8, 4) is 0 Å². The summed E-state index contributed by atoms with van der Waals surface area (Å²) in [6.45, 7) is 1.99. The first-order valence-corrected chi connectivity index (χ1v) is 4.66. The lowest BCUT2D eigenvalue weighted by Crippen LogP contribution is -1.98. The maximum atomic E-state index is 5.66. The Balaban J connectivity index is 2.25. The van der Waals surface area contributed by atoms with Crippen molar-refractivity contribution in [2.45, 2.75) is 6.92 Å². The average molecular weight is 200 g/mol. The van der Waals surface area contributed by atoms with E-state index in [4.69, 9.17) is 5.73 Å². The number of nitrogens with two attached hydrogens (primary N) is 1. The Morgan fingerprint density at radius 3 is 2.60 bits per heavy atom. The van der Waals surface area contributed by atoms with Crippen LogP contribution in [-0.2, 0) is 0 Å². The standard InChI is InChI=1S/C11H12N4/c1-8-7-9(12)3-4-10(8)15-11-13-5-2-6-14-11/h2-7H,12H2,1H3,(H,13,14,15). The third-order valence-electron chi connectivity index (χ3n) is 2.06. The SMILES string of the molecule is Cc1cc(N)ccc1Nc1ncccn1. The van der Waals surface area contributed by atoms with Crippen LogP contribution < -0.4 is 11.1 Å². The number of hydrogen-bond donors (Lipinski definition) is 2. The molecule has 0 amide bonds. The van der Waals surface area contributed by atoms with Crippen LogP contribution in [-0.4, -0.2) is 9.97 Å². The van der Waals surface area contributed by atoms with E-state index in [-0.39, 0.29) is 0 Å². The van der Waals surface area contributed by atoms with Gasteiger partial charge in [-0.2, -0.15) is 0 Å². The molecule has 0 aliphatic heterocycles. The molecule has 4 heteroatoms. The molecule has 0 fully saturated rings. The molecule has 2 aromatic rings. The first-order valence-electron chi connectivity index (χ1n) is 4.66. The average Bonchev–Trinajstić information content (AvgIpc) is 2.24. The Morgan fingerprint density at radius 1 is 1.20 bits per heavy atom. The van der Waals surface area contributed by atoms with E-state index < -0.39 is 0 Å². The normalized spacial score (nSPS) is 9.93. The second-order valence-electron chi connectivity index (χ2n) is 3.27. The molecule has 0 radical (unpaired) electrons. The highest BCUT2D eigenvalue weighted by molar-refractivity contribution is 5.62. The molecule has 0 bridgehead atoms. The minimum absolute atomic E-state index is 0.588. The van der Waals surface area contributed by atoms with Crippen molar-refractivity contribution in [1.29, 1.82) is 0 Å². The summed E-state index contributed by atoms with van der Waals surface area (Å²) >= 11 is 0. The minimum atomic E-state index is 0.588. The van der Waals surface area contributed by atoms with Gasteiger partial charge in [0.15, 0.2) is 0 Å². The van der Waals surface area contributed by atoms with E-state index in [1.165, 1.54) is 0 Å². The van der Waals surface area contributed by atoms with Crippen LogP contribution in [0.25, 0.3) is 0 Å². The van der Waals surface area contributed by atoms with Gasteiger partial charge in [0.25, 0.3) is 0 Å². The van der Waals surface area contributed by atoms with Crippen molar-refractivity contribution in [1.82, 2.24) is 9.97 Å². The first kappa shape index (κ1) is 9.45. The maximum absolute atomic E-state index is 5.66. The Kier molecular flexibility index (Phi) is 2.49. The molecule has 15 heavy (non-hydrogen) atoms. The fourth-order valence-corrected chi connectivity index (χ4v) is 1.31. The molecule has 0 spiro atoms. The zero-order chi connectivity index (χ0) is 10.7. The van der Waals surface area contributed by atoms with Crippen LogP contribution in [0, 0.1) is 6.92 Å². The summed E-state index contributed by atoms with van der Waals surface area (Å²) in [5, 5.41) is 3.12. The smallest absolute Gasteiger partial charge is 0.227 e. The van der Waals surface area contributed by atoms with Crippen molar-refractivity contribution in [2.24, 2.45) is 0 Å². The highest BCUT2D eigenvalue weighted by Gasteiger charge is 2.00. The van der Waals surface area contributed by atoms with Crippen LogP contribution in [0.1, 0.15) is 5.56 Å². The van der Waals surface area contributed by atoms with Gasteiger partial charge in [-0.25, -0.2) is 9.97 Å². The summed E-state index contributed by atoms with van der Waals surface area (Å²) < 4.78 is 0. The van der Waals surface area contributed by atoms with Crippen LogP contribution in [0.2, 0.25) is 0 Å². The molecule has 1 heterocycles. The van der Waals surface area contributed by atoms with Gasteiger partial charge in [-0.05, 0) is 36.8 Å². The number of nitrogens with one attached hydrogen (secondary N) is 1. The lowest BCUT2D eigenvalue weighted by Gasteiger charge is -2.07. The van der Waals surface area contributed by atoms with Gasteiger partial charge in [0.2, 0.25) is 5.95 Å². The van der Waals surface area contributed by atoms with E-state index in [0.717, 1.165) is 16.9 Å². The second-order valence-corrected chi connectivity index (χ2v) is 3.27. The van der Waals surface area contributed by atoms with Gasteiger partial charge in [0.05, 0.1) is 0 Å². The number of rotatable bonds is 2. The fourth-order valence-electron chi connectivity index (χ4n) is 1.31.